The standard InChI is InChI=1S/C16H21NO2/c1-11-3-4-15-13(9-11)14(18)10-16(19-15)12-5-7-17(2)8-6-12/h3-4,9,12,16H,5-8,10H2,1-2H3. The van der Waals surface area contributed by atoms with Gasteiger partial charge >= 0.3 is 0 Å². The minimum absolute atomic E-state index is 0.0800. The predicted molar refractivity (Wildman–Crippen MR) is 74.8 cm³/mol. The zero-order valence-corrected chi connectivity index (χ0v) is 11.7. The smallest absolute Gasteiger partial charge is 0.170 e. The number of hydrogen-bond acceptors (Lipinski definition) is 3. The van der Waals surface area contributed by atoms with E-state index in [4.69, 9.17) is 4.74 Å². The Hall–Kier alpha value is -1.35. The average molecular weight is 259 g/mol. The minimum Gasteiger partial charge on any atom is -0.489 e. The summed E-state index contributed by atoms with van der Waals surface area (Å²) in [6.07, 6.45) is 2.90. The average Bonchev–Trinajstić information content (AvgIpc) is 2.40. The molecule has 1 aromatic carbocycles. The quantitative estimate of drug-likeness (QED) is 0.776. The fraction of sp³-hybridized carbons (Fsp3) is 0.562. The highest BCUT2D eigenvalue weighted by molar-refractivity contribution is 6.00. The molecule has 1 fully saturated rings. The van der Waals surface area contributed by atoms with Gasteiger partial charge in [0.1, 0.15) is 11.9 Å². The van der Waals surface area contributed by atoms with E-state index in [9.17, 15) is 4.79 Å². The van der Waals surface area contributed by atoms with E-state index in [-0.39, 0.29) is 11.9 Å². The first-order valence-electron chi connectivity index (χ1n) is 7.12. The molecule has 2 aliphatic heterocycles. The van der Waals surface area contributed by atoms with Crippen LogP contribution in [0.2, 0.25) is 0 Å². The molecule has 0 bridgehead atoms. The van der Waals surface area contributed by atoms with Gasteiger partial charge in [0.15, 0.2) is 5.78 Å². The lowest BCUT2D eigenvalue weighted by Crippen LogP contribution is -2.40. The summed E-state index contributed by atoms with van der Waals surface area (Å²) in [5, 5.41) is 0. The summed E-state index contributed by atoms with van der Waals surface area (Å²) >= 11 is 0. The van der Waals surface area contributed by atoms with Crippen molar-refractivity contribution < 1.29 is 9.53 Å². The van der Waals surface area contributed by atoms with Crippen LogP contribution in [0.4, 0.5) is 0 Å². The van der Waals surface area contributed by atoms with E-state index >= 15 is 0 Å². The van der Waals surface area contributed by atoms with Gasteiger partial charge in [0.25, 0.3) is 0 Å². The maximum atomic E-state index is 12.3. The van der Waals surface area contributed by atoms with Crippen LogP contribution in [0.5, 0.6) is 5.75 Å². The van der Waals surface area contributed by atoms with Gasteiger partial charge in [-0.2, -0.15) is 0 Å². The highest BCUT2D eigenvalue weighted by Crippen LogP contribution is 2.34. The van der Waals surface area contributed by atoms with Crippen molar-refractivity contribution in [1.29, 1.82) is 0 Å². The number of hydrogen-bond donors (Lipinski definition) is 0. The van der Waals surface area contributed by atoms with E-state index in [0.29, 0.717) is 12.3 Å². The Kier molecular flexibility index (Phi) is 3.31. The Labute approximate surface area is 114 Å². The summed E-state index contributed by atoms with van der Waals surface area (Å²) in [7, 11) is 2.15. The van der Waals surface area contributed by atoms with Crippen molar-refractivity contribution in [3.05, 3.63) is 29.3 Å². The topological polar surface area (TPSA) is 29.5 Å². The number of rotatable bonds is 1. The van der Waals surface area contributed by atoms with Gasteiger partial charge in [-0.3, -0.25) is 4.79 Å². The molecule has 1 aromatic rings. The summed E-state index contributed by atoms with van der Waals surface area (Å²) in [5.41, 5.74) is 1.89. The summed E-state index contributed by atoms with van der Waals surface area (Å²) in [6.45, 7) is 4.23. The molecular weight excluding hydrogens is 238 g/mol. The van der Waals surface area contributed by atoms with Gasteiger partial charge in [-0.1, -0.05) is 11.6 Å². The van der Waals surface area contributed by atoms with Crippen molar-refractivity contribution in [2.45, 2.75) is 32.3 Å². The lowest BCUT2D eigenvalue weighted by Gasteiger charge is -2.36. The van der Waals surface area contributed by atoms with Gasteiger partial charge in [0, 0.05) is 6.42 Å². The molecule has 1 atom stereocenters. The van der Waals surface area contributed by atoms with Gasteiger partial charge in [-0.25, -0.2) is 0 Å². The van der Waals surface area contributed by atoms with Gasteiger partial charge in [-0.15, -0.1) is 0 Å². The van der Waals surface area contributed by atoms with Crippen molar-refractivity contribution in [1.82, 2.24) is 4.90 Å². The molecule has 0 N–H and O–H groups in total. The Morgan fingerprint density at radius 2 is 2.00 bits per heavy atom. The van der Waals surface area contributed by atoms with Crippen LogP contribution in [0.15, 0.2) is 18.2 Å². The van der Waals surface area contributed by atoms with Gasteiger partial charge in [0.05, 0.1) is 5.56 Å². The van der Waals surface area contributed by atoms with Crippen molar-refractivity contribution in [2.75, 3.05) is 20.1 Å². The molecule has 0 amide bonds. The highest BCUT2D eigenvalue weighted by Gasteiger charge is 2.33. The third-order valence-electron chi connectivity index (χ3n) is 4.39. The normalized spacial score (nSPS) is 24.9. The molecule has 3 nitrogen and oxygen atoms in total. The maximum absolute atomic E-state index is 12.3. The summed E-state index contributed by atoms with van der Waals surface area (Å²) in [6, 6.07) is 5.91. The van der Waals surface area contributed by atoms with Crippen molar-refractivity contribution >= 4 is 5.78 Å². The number of carbonyl (C=O) groups excluding carboxylic acids is 1. The molecule has 1 saturated heterocycles. The number of benzene rings is 1. The monoisotopic (exact) mass is 259 g/mol. The van der Waals surface area contributed by atoms with Crippen molar-refractivity contribution in [3.63, 3.8) is 0 Å². The number of Topliss-reactive ketones (excluding diaryl/α,β-unsaturated/α-hetero) is 1. The van der Waals surface area contributed by atoms with Crippen LogP contribution in [0, 0.1) is 12.8 Å². The molecule has 0 aromatic heterocycles. The predicted octanol–water partition coefficient (Wildman–Crippen LogP) is 2.67. The molecule has 3 rings (SSSR count). The second-order valence-electron chi connectivity index (χ2n) is 5.92. The number of ketones is 1. The second kappa shape index (κ2) is 4.97. The Balaban J connectivity index is 1.77. The number of carbonyl (C=O) groups is 1. The molecule has 3 heteroatoms. The third-order valence-corrected chi connectivity index (χ3v) is 4.39. The van der Waals surface area contributed by atoms with Crippen LogP contribution in [0.3, 0.4) is 0 Å². The molecular formula is C16H21NO2. The number of fused-ring (bicyclic) bond motifs is 1. The van der Waals surface area contributed by atoms with Crippen LogP contribution in [-0.4, -0.2) is 36.9 Å². The van der Waals surface area contributed by atoms with E-state index in [1.165, 1.54) is 0 Å². The van der Waals surface area contributed by atoms with E-state index < -0.39 is 0 Å². The molecule has 19 heavy (non-hydrogen) atoms. The van der Waals surface area contributed by atoms with Gasteiger partial charge < -0.3 is 9.64 Å². The van der Waals surface area contributed by atoms with E-state index in [1.54, 1.807) is 0 Å². The molecule has 1 unspecified atom stereocenters. The van der Waals surface area contributed by atoms with E-state index in [2.05, 4.69) is 11.9 Å². The lowest BCUT2D eigenvalue weighted by atomic mass is 9.86. The number of nitrogens with zero attached hydrogens (tertiary/aromatic N) is 1. The Morgan fingerprint density at radius 3 is 2.74 bits per heavy atom. The molecule has 2 heterocycles. The van der Waals surface area contributed by atoms with E-state index in [0.717, 1.165) is 42.8 Å². The fourth-order valence-electron chi connectivity index (χ4n) is 3.13. The largest absolute Gasteiger partial charge is 0.489 e. The number of likely N-dealkylation sites (tertiary alicyclic amines) is 1. The second-order valence-corrected chi connectivity index (χ2v) is 5.92. The highest BCUT2D eigenvalue weighted by atomic mass is 16.5. The van der Waals surface area contributed by atoms with Crippen LogP contribution in [-0.2, 0) is 0 Å². The zero-order valence-electron chi connectivity index (χ0n) is 11.7. The molecule has 0 radical (unpaired) electrons. The van der Waals surface area contributed by atoms with Crippen molar-refractivity contribution in [3.8, 4) is 5.75 Å². The third kappa shape index (κ3) is 2.52. The maximum Gasteiger partial charge on any atom is 0.170 e. The zero-order chi connectivity index (χ0) is 13.4. The molecule has 0 saturated carbocycles. The van der Waals surface area contributed by atoms with Crippen LogP contribution >= 0.6 is 0 Å². The molecule has 0 aliphatic carbocycles. The first-order chi connectivity index (χ1) is 9.13. The van der Waals surface area contributed by atoms with Crippen LogP contribution in [0.1, 0.15) is 35.2 Å². The van der Waals surface area contributed by atoms with Crippen LogP contribution in [0.25, 0.3) is 0 Å². The summed E-state index contributed by atoms with van der Waals surface area (Å²) in [5.74, 6) is 1.55. The first kappa shape index (κ1) is 12.7. The fourth-order valence-corrected chi connectivity index (χ4v) is 3.13. The lowest BCUT2D eigenvalue weighted by molar-refractivity contribution is 0.0572. The van der Waals surface area contributed by atoms with Crippen molar-refractivity contribution in [2.24, 2.45) is 5.92 Å². The van der Waals surface area contributed by atoms with E-state index in [1.807, 2.05) is 25.1 Å². The number of piperidine rings is 1. The Bertz CT molecular complexity index is 490. The summed E-state index contributed by atoms with van der Waals surface area (Å²) < 4.78 is 6.09. The molecule has 2 aliphatic rings. The van der Waals surface area contributed by atoms with Gasteiger partial charge in [0.2, 0.25) is 0 Å². The van der Waals surface area contributed by atoms with Crippen LogP contribution < -0.4 is 4.74 Å². The number of ether oxygens (including phenoxy) is 1. The first-order valence-corrected chi connectivity index (χ1v) is 7.12. The minimum atomic E-state index is 0.0800. The Morgan fingerprint density at radius 1 is 1.26 bits per heavy atom. The molecule has 0 spiro atoms. The molecule has 102 valence electrons. The SMILES string of the molecule is Cc1ccc2c(c1)C(=O)CC(C1CCN(C)CC1)O2. The number of aryl methyl sites for hydroxylation is 1. The summed E-state index contributed by atoms with van der Waals surface area (Å²) in [4.78, 5) is 14.6. The van der Waals surface area contributed by atoms with Gasteiger partial charge in [-0.05, 0) is 58.0 Å².